The maximum absolute atomic E-state index is 12.1. The van der Waals surface area contributed by atoms with Crippen LogP contribution in [-0.4, -0.2) is 10.8 Å². The highest BCUT2D eigenvalue weighted by molar-refractivity contribution is 7.13. The van der Waals surface area contributed by atoms with Crippen LogP contribution in [-0.2, 0) is 0 Å². The Balaban J connectivity index is 2.39. The summed E-state index contributed by atoms with van der Waals surface area (Å²) in [6.45, 7) is 3.78. The fraction of sp³-hybridized carbons (Fsp3) is 0.167. The highest BCUT2D eigenvalue weighted by atomic mass is 35.5. The molecule has 0 aliphatic rings. The third kappa shape index (κ3) is 2.01. The van der Waals surface area contributed by atoms with Crippen molar-refractivity contribution >= 4 is 28.7 Å². The zero-order valence-electron chi connectivity index (χ0n) is 8.95. The molecule has 0 fully saturated rings. The lowest BCUT2D eigenvalue weighted by Crippen LogP contribution is -2.00. The van der Waals surface area contributed by atoms with Gasteiger partial charge in [0.15, 0.2) is 0 Å². The minimum Gasteiger partial charge on any atom is -0.288 e. The predicted octanol–water partition coefficient (Wildman–Crippen LogP) is 3.64. The molecule has 82 valence electrons. The van der Waals surface area contributed by atoms with Crippen molar-refractivity contribution in [1.29, 1.82) is 0 Å². The highest BCUT2D eigenvalue weighted by Gasteiger charge is 2.16. The Bertz CT molecular complexity index is 530. The number of halogens is 1. The SMILES string of the molecule is Cc1ccc(C(=O)c2scc(C)c2Cl)cn1. The summed E-state index contributed by atoms with van der Waals surface area (Å²) in [5.74, 6) is -0.0596. The van der Waals surface area contributed by atoms with Gasteiger partial charge in [-0.25, -0.2) is 0 Å². The standard InChI is InChI=1S/C12H10ClNOS/c1-7-6-16-12(10(7)13)11(15)9-4-3-8(2)14-5-9/h3-6H,1-2H3. The number of hydrogen-bond acceptors (Lipinski definition) is 3. The van der Waals surface area contributed by atoms with Gasteiger partial charge in [-0.3, -0.25) is 9.78 Å². The highest BCUT2D eigenvalue weighted by Crippen LogP contribution is 2.29. The smallest absolute Gasteiger partial charge is 0.206 e. The first kappa shape index (κ1) is 11.3. The second kappa shape index (κ2) is 4.36. The zero-order valence-corrected chi connectivity index (χ0v) is 10.5. The first-order valence-electron chi connectivity index (χ1n) is 4.80. The van der Waals surface area contributed by atoms with Crippen molar-refractivity contribution in [1.82, 2.24) is 4.98 Å². The summed E-state index contributed by atoms with van der Waals surface area (Å²) in [6, 6.07) is 3.59. The van der Waals surface area contributed by atoms with Crippen LogP contribution in [0.15, 0.2) is 23.7 Å². The summed E-state index contributed by atoms with van der Waals surface area (Å²) in [4.78, 5) is 16.8. The predicted molar refractivity (Wildman–Crippen MR) is 66.5 cm³/mol. The number of ketones is 1. The zero-order chi connectivity index (χ0) is 11.7. The maximum Gasteiger partial charge on any atom is 0.206 e. The van der Waals surface area contributed by atoms with Crippen molar-refractivity contribution in [3.8, 4) is 0 Å². The van der Waals surface area contributed by atoms with Crippen LogP contribution < -0.4 is 0 Å². The minimum atomic E-state index is -0.0596. The third-order valence-electron chi connectivity index (χ3n) is 2.28. The molecule has 0 N–H and O–H groups in total. The molecule has 2 nitrogen and oxygen atoms in total. The fourth-order valence-electron chi connectivity index (χ4n) is 1.32. The van der Waals surface area contributed by atoms with E-state index in [1.165, 1.54) is 11.3 Å². The van der Waals surface area contributed by atoms with E-state index in [1.807, 2.05) is 25.3 Å². The van der Waals surface area contributed by atoms with Gasteiger partial charge in [0, 0.05) is 17.5 Å². The summed E-state index contributed by atoms with van der Waals surface area (Å²) in [5.41, 5.74) is 2.41. The fourth-order valence-corrected chi connectivity index (χ4v) is 2.56. The van der Waals surface area contributed by atoms with E-state index in [1.54, 1.807) is 12.3 Å². The van der Waals surface area contributed by atoms with Crippen molar-refractivity contribution in [2.45, 2.75) is 13.8 Å². The van der Waals surface area contributed by atoms with Gasteiger partial charge in [-0.15, -0.1) is 11.3 Å². The number of rotatable bonds is 2. The first-order chi connectivity index (χ1) is 7.59. The molecule has 16 heavy (non-hydrogen) atoms. The molecule has 2 aromatic rings. The largest absolute Gasteiger partial charge is 0.288 e. The average molecular weight is 252 g/mol. The van der Waals surface area contributed by atoms with Crippen LogP contribution in [0.25, 0.3) is 0 Å². The number of thiophene rings is 1. The van der Waals surface area contributed by atoms with Crippen molar-refractivity contribution in [3.05, 3.63) is 50.4 Å². The summed E-state index contributed by atoms with van der Waals surface area (Å²) in [7, 11) is 0. The molecule has 2 aromatic heterocycles. The maximum atomic E-state index is 12.1. The Labute approximate surface area is 103 Å². The number of nitrogens with zero attached hydrogens (tertiary/aromatic N) is 1. The molecule has 0 saturated heterocycles. The molecule has 0 amide bonds. The molecule has 0 aliphatic carbocycles. The Hall–Kier alpha value is -1.19. The Morgan fingerprint density at radius 3 is 2.62 bits per heavy atom. The van der Waals surface area contributed by atoms with E-state index in [9.17, 15) is 4.79 Å². The van der Waals surface area contributed by atoms with E-state index in [-0.39, 0.29) is 5.78 Å². The summed E-state index contributed by atoms with van der Waals surface area (Å²) in [6.07, 6.45) is 1.59. The Kier molecular flexibility index (Phi) is 3.08. The summed E-state index contributed by atoms with van der Waals surface area (Å²) >= 11 is 7.43. The van der Waals surface area contributed by atoms with Crippen LogP contribution >= 0.6 is 22.9 Å². The minimum absolute atomic E-state index is 0.0596. The van der Waals surface area contributed by atoms with Crippen LogP contribution in [0.2, 0.25) is 5.02 Å². The van der Waals surface area contributed by atoms with Gasteiger partial charge in [-0.2, -0.15) is 0 Å². The second-order valence-electron chi connectivity index (χ2n) is 3.58. The van der Waals surface area contributed by atoms with Gasteiger partial charge >= 0.3 is 0 Å². The van der Waals surface area contributed by atoms with E-state index in [2.05, 4.69) is 4.98 Å². The Morgan fingerprint density at radius 2 is 2.12 bits per heavy atom. The number of aromatic nitrogens is 1. The lowest BCUT2D eigenvalue weighted by molar-refractivity contribution is 0.104. The molecule has 0 unspecified atom stereocenters. The lowest BCUT2D eigenvalue weighted by Gasteiger charge is -1.99. The van der Waals surface area contributed by atoms with Crippen LogP contribution in [0.5, 0.6) is 0 Å². The van der Waals surface area contributed by atoms with Gasteiger partial charge in [-0.05, 0) is 36.9 Å². The molecule has 2 rings (SSSR count). The van der Waals surface area contributed by atoms with Crippen LogP contribution in [0, 0.1) is 13.8 Å². The topological polar surface area (TPSA) is 30.0 Å². The van der Waals surface area contributed by atoms with Crippen LogP contribution in [0.1, 0.15) is 26.5 Å². The number of hydrogen-bond donors (Lipinski definition) is 0. The summed E-state index contributed by atoms with van der Waals surface area (Å²) in [5, 5.41) is 2.44. The summed E-state index contributed by atoms with van der Waals surface area (Å²) < 4.78 is 0. The monoisotopic (exact) mass is 251 g/mol. The lowest BCUT2D eigenvalue weighted by atomic mass is 10.1. The molecule has 0 aromatic carbocycles. The van der Waals surface area contributed by atoms with Crippen molar-refractivity contribution in [2.75, 3.05) is 0 Å². The normalized spacial score (nSPS) is 10.4. The number of carbonyl (C=O) groups excluding carboxylic acids is 1. The van der Waals surface area contributed by atoms with E-state index in [0.717, 1.165) is 11.3 Å². The molecule has 0 bridgehead atoms. The Morgan fingerprint density at radius 1 is 1.38 bits per heavy atom. The van der Waals surface area contributed by atoms with Gasteiger partial charge in [0.2, 0.25) is 5.78 Å². The van der Waals surface area contributed by atoms with E-state index < -0.39 is 0 Å². The molecule has 0 radical (unpaired) electrons. The van der Waals surface area contributed by atoms with Crippen molar-refractivity contribution in [3.63, 3.8) is 0 Å². The average Bonchev–Trinajstić information content (AvgIpc) is 2.60. The van der Waals surface area contributed by atoms with Crippen LogP contribution in [0.4, 0.5) is 0 Å². The van der Waals surface area contributed by atoms with E-state index in [0.29, 0.717) is 15.5 Å². The molecular formula is C12H10ClNOS. The van der Waals surface area contributed by atoms with Gasteiger partial charge in [-0.1, -0.05) is 11.6 Å². The van der Waals surface area contributed by atoms with Gasteiger partial charge in [0.25, 0.3) is 0 Å². The van der Waals surface area contributed by atoms with Gasteiger partial charge < -0.3 is 0 Å². The molecule has 4 heteroatoms. The number of pyridine rings is 1. The van der Waals surface area contributed by atoms with Gasteiger partial charge in [0.05, 0.1) is 9.90 Å². The molecule has 0 atom stereocenters. The first-order valence-corrected chi connectivity index (χ1v) is 6.06. The molecule has 0 aliphatic heterocycles. The van der Waals surface area contributed by atoms with Crippen molar-refractivity contribution < 1.29 is 4.79 Å². The van der Waals surface area contributed by atoms with E-state index in [4.69, 9.17) is 11.6 Å². The van der Waals surface area contributed by atoms with Crippen LogP contribution in [0.3, 0.4) is 0 Å². The second-order valence-corrected chi connectivity index (χ2v) is 4.84. The number of carbonyl (C=O) groups is 1. The van der Waals surface area contributed by atoms with Crippen molar-refractivity contribution in [2.24, 2.45) is 0 Å². The quantitative estimate of drug-likeness (QED) is 0.763. The molecule has 0 spiro atoms. The molecule has 0 saturated carbocycles. The van der Waals surface area contributed by atoms with E-state index >= 15 is 0 Å². The third-order valence-corrected chi connectivity index (χ3v) is 3.97. The van der Waals surface area contributed by atoms with Gasteiger partial charge in [0.1, 0.15) is 0 Å². The molecule has 2 heterocycles. The molecular weight excluding hydrogens is 242 g/mol. The number of aryl methyl sites for hydroxylation is 2.